The normalized spacial score (nSPS) is 10.9. The highest BCUT2D eigenvalue weighted by atomic mass is 16.3. The fraction of sp³-hybridized carbons (Fsp3) is 0.0833. The summed E-state index contributed by atoms with van der Waals surface area (Å²) in [6.07, 6.45) is 0. The van der Waals surface area contributed by atoms with Gasteiger partial charge in [-0.1, -0.05) is 12.1 Å². The minimum atomic E-state index is -0.162. The Morgan fingerprint density at radius 3 is 2.76 bits per heavy atom. The summed E-state index contributed by atoms with van der Waals surface area (Å²) in [6, 6.07) is 10.5. The highest BCUT2D eigenvalue weighted by Crippen LogP contribution is 2.21. The molecule has 2 aromatic heterocycles. The van der Waals surface area contributed by atoms with Gasteiger partial charge in [0, 0.05) is 13.1 Å². The van der Waals surface area contributed by atoms with Gasteiger partial charge in [-0.2, -0.15) is 5.10 Å². The number of nitrogens with zero attached hydrogens (tertiary/aromatic N) is 3. The first-order valence-electron chi connectivity index (χ1n) is 5.14. The molecule has 0 aliphatic heterocycles. The maximum atomic E-state index is 11.2. The van der Waals surface area contributed by atoms with E-state index in [-0.39, 0.29) is 5.56 Å². The molecule has 0 saturated carbocycles. The Hall–Kier alpha value is -2.43. The predicted molar refractivity (Wildman–Crippen MR) is 62.5 cm³/mol. The molecule has 0 N–H and O–H groups in total. The largest absolute Gasteiger partial charge is 0.435 e. The Bertz CT molecular complexity index is 710. The molecule has 0 spiro atoms. The average molecular weight is 227 g/mol. The third-order valence-corrected chi connectivity index (χ3v) is 2.47. The van der Waals surface area contributed by atoms with Crippen LogP contribution in [0.1, 0.15) is 0 Å². The van der Waals surface area contributed by atoms with Gasteiger partial charge in [0.25, 0.3) is 5.56 Å². The number of aryl methyl sites for hydroxylation is 1. The van der Waals surface area contributed by atoms with Crippen molar-refractivity contribution >= 4 is 11.1 Å². The van der Waals surface area contributed by atoms with E-state index in [2.05, 4.69) is 10.1 Å². The SMILES string of the molecule is Cn1nc(-c2nc3ccccc3o2)ccc1=O. The lowest BCUT2D eigenvalue weighted by Gasteiger charge is -1.96. The molecule has 17 heavy (non-hydrogen) atoms. The molecular weight excluding hydrogens is 218 g/mol. The summed E-state index contributed by atoms with van der Waals surface area (Å²) in [6.45, 7) is 0. The third kappa shape index (κ3) is 1.61. The first-order chi connectivity index (χ1) is 8.24. The molecule has 3 rings (SSSR count). The van der Waals surface area contributed by atoms with E-state index in [0.29, 0.717) is 17.2 Å². The molecule has 0 radical (unpaired) electrons. The van der Waals surface area contributed by atoms with E-state index in [9.17, 15) is 4.79 Å². The smallest absolute Gasteiger partial charge is 0.266 e. The van der Waals surface area contributed by atoms with Crippen LogP contribution in [-0.2, 0) is 7.05 Å². The second-order valence-corrected chi connectivity index (χ2v) is 3.67. The number of para-hydroxylation sites is 2. The van der Waals surface area contributed by atoms with Gasteiger partial charge in [-0.15, -0.1) is 0 Å². The average Bonchev–Trinajstić information content (AvgIpc) is 2.76. The van der Waals surface area contributed by atoms with Gasteiger partial charge in [0.15, 0.2) is 5.58 Å². The lowest BCUT2D eigenvalue weighted by atomic mass is 10.3. The number of fused-ring (bicyclic) bond motifs is 1. The van der Waals surface area contributed by atoms with Crippen molar-refractivity contribution in [2.75, 3.05) is 0 Å². The standard InChI is InChI=1S/C12H9N3O2/c1-15-11(16)7-6-9(14-15)12-13-8-4-2-3-5-10(8)17-12/h2-7H,1H3. The summed E-state index contributed by atoms with van der Waals surface area (Å²) >= 11 is 0. The van der Waals surface area contributed by atoms with Crippen LogP contribution in [0.3, 0.4) is 0 Å². The summed E-state index contributed by atoms with van der Waals surface area (Å²) < 4.78 is 6.81. The Morgan fingerprint density at radius 1 is 1.18 bits per heavy atom. The fourth-order valence-corrected chi connectivity index (χ4v) is 1.60. The molecule has 0 aliphatic rings. The van der Waals surface area contributed by atoms with Gasteiger partial charge in [0.05, 0.1) is 0 Å². The number of oxazole rings is 1. The number of benzene rings is 1. The monoisotopic (exact) mass is 227 g/mol. The Morgan fingerprint density at radius 2 is 2.00 bits per heavy atom. The molecular formula is C12H9N3O2. The van der Waals surface area contributed by atoms with Gasteiger partial charge >= 0.3 is 0 Å². The van der Waals surface area contributed by atoms with Crippen molar-refractivity contribution in [2.24, 2.45) is 7.05 Å². The summed E-state index contributed by atoms with van der Waals surface area (Å²) in [4.78, 5) is 15.5. The maximum absolute atomic E-state index is 11.2. The van der Waals surface area contributed by atoms with Crippen LogP contribution in [0.4, 0.5) is 0 Å². The van der Waals surface area contributed by atoms with Crippen molar-refractivity contribution < 1.29 is 4.42 Å². The van der Waals surface area contributed by atoms with E-state index in [1.165, 1.54) is 10.7 Å². The molecule has 0 unspecified atom stereocenters. The van der Waals surface area contributed by atoms with Gasteiger partial charge in [-0.25, -0.2) is 9.67 Å². The van der Waals surface area contributed by atoms with Crippen LogP contribution in [0.15, 0.2) is 45.6 Å². The van der Waals surface area contributed by atoms with E-state index in [1.807, 2.05) is 24.3 Å². The summed E-state index contributed by atoms with van der Waals surface area (Å²) in [5, 5.41) is 4.09. The molecule has 1 aromatic carbocycles. The molecule has 0 bridgehead atoms. The molecule has 0 amide bonds. The molecule has 2 heterocycles. The van der Waals surface area contributed by atoms with Crippen LogP contribution in [-0.4, -0.2) is 14.8 Å². The van der Waals surface area contributed by atoms with Crippen LogP contribution in [0.25, 0.3) is 22.7 Å². The second-order valence-electron chi connectivity index (χ2n) is 3.67. The molecule has 0 fully saturated rings. The van der Waals surface area contributed by atoms with E-state index in [0.717, 1.165) is 5.52 Å². The molecule has 84 valence electrons. The zero-order chi connectivity index (χ0) is 11.8. The van der Waals surface area contributed by atoms with Crippen molar-refractivity contribution in [3.63, 3.8) is 0 Å². The summed E-state index contributed by atoms with van der Waals surface area (Å²) in [7, 11) is 1.59. The zero-order valence-corrected chi connectivity index (χ0v) is 9.12. The fourth-order valence-electron chi connectivity index (χ4n) is 1.60. The van der Waals surface area contributed by atoms with Crippen LogP contribution in [0, 0.1) is 0 Å². The van der Waals surface area contributed by atoms with Gasteiger partial charge in [-0.3, -0.25) is 4.79 Å². The van der Waals surface area contributed by atoms with Gasteiger partial charge in [0.2, 0.25) is 5.89 Å². The van der Waals surface area contributed by atoms with Crippen molar-refractivity contribution in [2.45, 2.75) is 0 Å². The number of hydrogen-bond donors (Lipinski definition) is 0. The molecule has 0 saturated heterocycles. The van der Waals surface area contributed by atoms with Crippen LogP contribution < -0.4 is 5.56 Å². The van der Waals surface area contributed by atoms with Crippen molar-refractivity contribution in [1.82, 2.24) is 14.8 Å². The van der Waals surface area contributed by atoms with Crippen LogP contribution in [0.5, 0.6) is 0 Å². The van der Waals surface area contributed by atoms with Gasteiger partial charge in [-0.05, 0) is 18.2 Å². The number of aromatic nitrogens is 3. The molecule has 5 heteroatoms. The highest BCUT2D eigenvalue weighted by Gasteiger charge is 2.09. The topological polar surface area (TPSA) is 60.9 Å². The van der Waals surface area contributed by atoms with E-state index in [4.69, 9.17) is 4.42 Å². The lowest BCUT2D eigenvalue weighted by molar-refractivity contribution is 0.606. The van der Waals surface area contributed by atoms with E-state index < -0.39 is 0 Å². The van der Waals surface area contributed by atoms with E-state index >= 15 is 0 Å². The lowest BCUT2D eigenvalue weighted by Crippen LogP contribution is -2.18. The maximum Gasteiger partial charge on any atom is 0.266 e. The van der Waals surface area contributed by atoms with E-state index in [1.54, 1.807) is 13.1 Å². The highest BCUT2D eigenvalue weighted by molar-refractivity contribution is 5.75. The quantitative estimate of drug-likeness (QED) is 0.633. The summed E-state index contributed by atoms with van der Waals surface area (Å²) in [5.41, 5.74) is 1.87. The van der Waals surface area contributed by atoms with Crippen molar-refractivity contribution in [3.8, 4) is 11.6 Å². The molecule has 5 nitrogen and oxygen atoms in total. The minimum Gasteiger partial charge on any atom is -0.435 e. The van der Waals surface area contributed by atoms with Crippen molar-refractivity contribution in [3.05, 3.63) is 46.8 Å². The number of rotatable bonds is 1. The van der Waals surface area contributed by atoms with Crippen LogP contribution in [0.2, 0.25) is 0 Å². The summed E-state index contributed by atoms with van der Waals surface area (Å²) in [5.74, 6) is 0.418. The Labute approximate surface area is 96.3 Å². The van der Waals surface area contributed by atoms with Crippen LogP contribution >= 0.6 is 0 Å². The minimum absolute atomic E-state index is 0.162. The molecule has 3 aromatic rings. The first-order valence-corrected chi connectivity index (χ1v) is 5.14. The van der Waals surface area contributed by atoms with Gasteiger partial charge in [0.1, 0.15) is 11.2 Å². The predicted octanol–water partition coefficient (Wildman–Crippen LogP) is 1.59. The third-order valence-electron chi connectivity index (χ3n) is 2.47. The first kappa shape index (κ1) is 9.77. The van der Waals surface area contributed by atoms with Gasteiger partial charge < -0.3 is 4.42 Å². The zero-order valence-electron chi connectivity index (χ0n) is 9.12. The Balaban J connectivity index is 2.20. The number of hydrogen-bond acceptors (Lipinski definition) is 4. The molecule has 0 atom stereocenters. The molecule has 0 aliphatic carbocycles. The second kappa shape index (κ2) is 3.55. The van der Waals surface area contributed by atoms with Crippen molar-refractivity contribution in [1.29, 1.82) is 0 Å². The Kier molecular flexibility index (Phi) is 2.04.